The smallest absolute Gasteiger partial charge is 0.105 e. The summed E-state index contributed by atoms with van der Waals surface area (Å²) in [7, 11) is 1.95. The molecule has 0 aliphatic carbocycles. The Morgan fingerprint density at radius 1 is 1.57 bits per heavy atom. The summed E-state index contributed by atoms with van der Waals surface area (Å²) >= 11 is 0. The summed E-state index contributed by atoms with van der Waals surface area (Å²) in [6.45, 7) is 4.80. The number of furan rings is 1. The van der Waals surface area contributed by atoms with Crippen molar-refractivity contribution >= 4 is 5.84 Å². The Kier molecular flexibility index (Phi) is 3.74. The fourth-order valence-electron chi connectivity index (χ4n) is 1.35. The molecule has 0 saturated heterocycles. The minimum atomic E-state index is 0.688. The SMILES string of the molecule is CCCC(=N)N(C)Cc1ccoc1C. The first-order valence-corrected chi connectivity index (χ1v) is 4.96. The van der Waals surface area contributed by atoms with Crippen molar-refractivity contribution in [2.45, 2.75) is 33.2 Å². The van der Waals surface area contributed by atoms with Crippen molar-refractivity contribution in [3.63, 3.8) is 0 Å². The number of amidine groups is 1. The van der Waals surface area contributed by atoms with E-state index in [1.165, 1.54) is 0 Å². The number of hydrogen-bond acceptors (Lipinski definition) is 2. The van der Waals surface area contributed by atoms with Crippen LogP contribution in [0.2, 0.25) is 0 Å². The Labute approximate surface area is 85.2 Å². The molecule has 1 rings (SSSR count). The maximum absolute atomic E-state index is 7.76. The molecule has 0 spiro atoms. The molecule has 0 atom stereocenters. The highest BCUT2D eigenvalue weighted by Crippen LogP contribution is 2.11. The molecule has 1 aromatic heterocycles. The van der Waals surface area contributed by atoms with Gasteiger partial charge in [-0.15, -0.1) is 0 Å². The molecular weight excluding hydrogens is 176 g/mol. The lowest BCUT2D eigenvalue weighted by Gasteiger charge is -2.19. The molecule has 3 nitrogen and oxygen atoms in total. The van der Waals surface area contributed by atoms with Crippen LogP contribution >= 0.6 is 0 Å². The van der Waals surface area contributed by atoms with Crippen LogP contribution in [0.3, 0.4) is 0 Å². The average Bonchev–Trinajstić information content (AvgIpc) is 2.52. The fraction of sp³-hybridized carbons (Fsp3) is 0.545. The van der Waals surface area contributed by atoms with Gasteiger partial charge in [0.15, 0.2) is 0 Å². The Morgan fingerprint density at radius 2 is 2.29 bits per heavy atom. The number of hydrogen-bond donors (Lipinski definition) is 1. The molecule has 1 aromatic rings. The number of rotatable bonds is 4. The van der Waals surface area contributed by atoms with Gasteiger partial charge >= 0.3 is 0 Å². The van der Waals surface area contributed by atoms with Crippen molar-refractivity contribution in [3.05, 3.63) is 23.7 Å². The van der Waals surface area contributed by atoms with Gasteiger partial charge in [-0.3, -0.25) is 5.41 Å². The highest BCUT2D eigenvalue weighted by Gasteiger charge is 2.07. The molecule has 0 aliphatic rings. The normalized spacial score (nSPS) is 10.2. The molecule has 0 saturated carbocycles. The van der Waals surface area contributed by atoms with E-state index in [4.69, 9.17) is 9.83 Å². The molecule has 0 aromatic carbocycles. The zero-order valence-electron chi connectivity index (χ0n) is 9.13. The van der Waals surface area contributed by atoms with Crippen molar-refractivity contribution in [1.29, 1.82) is 5.41 Å². The second-order valence-corrected chi connectivity index (χ2v) is 3.55. The summed E-state index contributed by atoms with van der Waals surface area (Å²) < 4.78 is 5.21. The highest BCUT2D eigenvalue weighted by atomic mass is 16.3. The van der Waals surface area contributed by atoms with Crippen LogP contribution in [-0.4, -0.2) is 17.8 Å². The number of aryl methyl sites for hydroxylation is 1. The van der Waals surface area contributed by atoms with E-state index in [2.05, 4.69) is 6.92 Å². The molecular formula is C11H18N2O. The second-order valence-electron chi connectivity index (χ2n) is 3.55. The van der Waals surface area contributed by atoms with Crippen LogP contribution in [0.15, 0.2) is 16.7 Å². The fourth-order valence-corrected chi connectivity index (χ4v) is 1.35. The Bertz CT molecular complexity index is 304. The summed E-state index contributed by atoms with van der Waals surface area (Å²) in [6.07, 6.45) is 3.56. The van der Waals surface area contributed by atoms with Crippen molar-refractivity contribution in [2.24, 2.45) is 0 Å². The van der Waals surface area contributed by atoms with E-state index in [9.17, 15) is 0 Å². The van der Waals surface area contributed by atoms with E-state index >= 15 is 0 Å². The van der Waals surface area contributed by atoms with Crippen LogP contribution in [0.25, 0.3) is 0 Å². The van der Waals surface area contributed by atoms with Gasteiger partial charge in [-0.2, -0.15) is 0 Å². The molecule has 0 fully saturated rings. The van der Waals surface area contributed by atoms with Crippen LogP contribution in [0, 0.1) is 12.3 Å². The first-order chi connectivity index (χ1) is 6.65. The monoisotopic (exact) mass is 194 g/mol. The van der Waals surface area contributed by atoms with Gasteiger partial charge in [-0.1, -0.05) is 6.92 Å². The number of nitrogens with zero attached hydrogens (tertiary/aromatic N) is 1. The van der Waals surface area contributed by atoms with Gasteiger partial charge in [0.1, 0.15) is 5.76 Å². The van der Waals surface area contributed by atoms with E-state index in [1.807, 2.05) is 24.9 Å². The third-order valence-corrected chi connectivity index (χ3v) is 2.32. The van der Waals surface area contributed by atoms with Crippen LogP contribution in [0.1, 0.15) is 31.1 Å². The summed E-state index contributed by atoms with van der Waals surface area (Å²) in [5.74, 6) is 1.63. The van der Waals surface area contributed by atoms with E-state index in [0.29, 0.717) is 5.84 Å². The molecule has 0 amide bonds. The first-order valence-electron chi connectivity index (χ1n) is 4.96. The van der Waals surface area contributed by atoms with Crippen LogP contribution < -0.4 is 0 Å². The molecule has 3 heteroatoms. The van der Waals surface area contributed by atoms with E-state index in [0.717, 1.165) is 30.7 Å². The molecule has 0 aliphatic heterocycles. The first kappa shape index (κ1) is 10.8. The molecule has 0 radical (unpaired) electrons. The van der Waals surface area contributed by atoms with Gasteiger partial charge in [-0.05, 0) is 19.4 Å². The minimum Gasteiger partial charge on any atom is -0.469 e. The quantitative estimate of drug-likeness (QED) is 0.591. The standard InChI is InChI=1S/C11H18N2O/c1-4-5-11(12)13(3)8-10-6-7-14-9(10)2/h6-7,12H,4-5,8H2,1-3H3. The van der Waals surface area contributed by atoms with Gasteiger partial charge in [0.05, 0.1) is 12.1 Å². The van der Waals surface area contributed by atoms with Crippen molar-refractivity contribution in [3.8, 4) is 0 Å². The molecule has 78 valence electrons. The predicted molar refractivity (Wildman–Crippen MR) is 57.5 cm³/mol. The van der Waals surface area contributed by atoms with Gasteiger partial charge in [0.2, 0.25) is 0 Å². The van der Waals surface area contributed by atoms with Gasteiger partial charge in [0, 0.05) is 25.6 Å². The lowest BCUT2D eigenvalue weighted by molar-refractivity contribution is 0.468. The minimum absolute atomic E-state index is 0.688. The van der Waals surface area contributed by atoms with E-state index < -0.39 is 0 Å². The number of nitrogens with one attached hydrogen (secondary N) is 1. The summed E-state index contributed by atoms with van der Waals surface area (Å²) in [6, 6.07) is 1.96. The Balaban J connectivity index is 2.52. The molecule has 0 bridgehead atoms. The third kappa shape index (κ3) is 2.62. The zero-order chi connectivity index (χ0) is 10.6. The van der Waals surface area contributed by atoms with Gasteiger partial charge < -0.3 is 9.32 Å². The van der Waals surface area contributed by atoms with Crippen LogP contribution in [0.4, 0.5) is 0 Å². The van der Waals surface area contributed by atoms with Gasteiger partial charge in [0.25, 0.3) is 0 Å². The van der Waals surface area contributed by atoms with Crippen LogP contribution in [-0.2, 0) is 6.54 Å². The Hall–Kier alpha value is -1.25. The average molecular weight is 194 g/mol. The predicted octanol–water partition coefficient (Wildman–Crippen LogP) is 2.80. The summed E-state index contributed by atoms with van der Waals surface area (Å²) in [5.41, 5.74) is 1.16. The Morgan fingerprint density at radius 3 is 2.79 bits per heavy atom. The molecule has 14 heavy (non-hydrogen) atoms. The molecule has 0 unspecified atom stereocenters. The zero-order valence-corrected chi connectivity index (χ0v) is 9.13. The summed E-state index contributed by atoms with van der Waals surface area (Å²) in [5, 5.41) is 7.76. The third-order valence-electron chi connectivity index (χ3n) is 2.32. The summed E-state index contributed by atoms with van der Waals surface area (Å²) in [4.78, 5) is 1.96. The van der Waals surface area contributed by atoms with Crippen molar-refractivity contribution in [1.82, 2.24) is 4.90 Å². The molecule has 1 N–H and O–H groups in total. The van der Waals surface area contributed by atoms with Crippen molar-refractivity contribution in [2.75, 3.05) is 7.05 Å². The van der Waals surface area contributed by atoms with E-state index in [-0.39, 0.29) is 0 Å². The van der Waals surface area contributed by atoms with Gasteiger partial charge in [-0.25, -0.2) is 0 Å². The second kappa shape index (κ2) is 4.84. The largest absolute Gasteiger partial charge is 0.469 e. The maximum Gasteiger partial charge on any atom is 0.105 e. The maximum atomic E-state index is 7.76. The lowest BCUT2D eigenvalue weighted by Crippen LogP contribution is -2.25. The lowest BCUT2D eigenvalue weighted by atomic mass is 10.2. The topological polar surface area (TPSA) is 40.2 Å². The van der Waals surface area contributed by atoms with Crippen molar-refractivity contribution < 1.29 is 4.42 Å². The van der Waals surface area contributed by atoms with E-state index in [1.54, 1.807) is 6.26 Å². The van der Waals surface area contributed by atoms with Crippen LogP contribution in [0.5, 0.6) is 0 Å². The molecule has 1 heterocycles. The highest BCUT2D eigenvalue weighted by molar-refractivity contribution is 5.78.